The fraction of sp³-hybridized carbons (Fsp3) is 0.385. The maximum absolute atomic E-state index is 11.1. The fourth-order valence-corrected chi connectivity index (χ4v) is 5.59. The van der Waals surface area contributed by atoms with E-state index in [2.05, 4.69) is 39.5 Å². The Morgan fingerprint density at radius 1 is 0.955 bits per heavy atom. The summed E-state index contributed by atoms with van der Waals surface area (Å²) >= 11 is 0. The second-order valence-electron chi connectivity index (χ2n) is 11.7. The molecule has 5 nitrogen and oxygen atoms in total. The van der Waals surface area contributed by atoms with E-state index in [0.717, 1.165) is 40.8 Å². The number of phenolic OH excluding ortho intramolecular Hbond substituents is 3. The van der Waals surface area contributed by atoms with Gasteiger partial charge in [0.2, 0.25) is 0 Å². The van der Waals surface area contributed by atoms with Gasteiger partial charge in [0.1, 0.15) is 17.2 Å². The molecule has 3 rings (SSSR count). The molecule has 2 aromatic rings. The van der Waals surface area contributed by atoms with Gasteiger partial charge in [0, 0.05) is 17.5 Å². The molecular weight excluding hydrogens is 544 g/mol. The van der Waals surface area contributed by atoms with Crippen LogP contribution in [0.4, 0.5) is 0 Å². The number of hydrogen-bond donors (Lipinski definition) is 3. The van der Waals surface area contributed by atoms with Crippen molar-refractivity contribution in [2.75, 3.05) is 0 Å². The van der Waals surface area contributed by atoms with Crippen LogP contribution >= 0.6 is 0 Å². The minimum absolute atomic E-state index is 0.00103. The molecule has 5 heteroatoms. The van der Waals surface area contributed by atoms with E-state index >= 15 is 0 Å². The summed E-state index contributed by atoms with van der Waals surface area (Å²) in [5, 5.41) is 32.4. The normalized spacial score (nSPS) is 15.3. The van der Waals surface area contributed by atoms with E-state index in [-0.39, 0.29) is 17.2 Å². The van der Waals surface area contributed by atoms with Gasteiger partial charge in [-0.1, -0.05) is 88.1 Å². The molecular formula is C39H50N2O3. The number of unbranched alkanes of at least 4 members (excludes halogenated alkanes) is 1. The highest BCUT2D eigenvalue weighted by atomic mass is 16.3. The van der Waals surface area contributed by atoms with Crippen LogP contribution in [0.1, 0.15) is 100 Å². The Morgan fingerprint density at radius 3 is 2.32 bits per heavy atom. The second kappa shape index (κ2) is 16.1. The van der Waals surface area contributed by atoms with Crippen LogP contribution in [0.3, 0.4) is 0 Å². The Hall–Kier alpha value is -4.12. The zero-order valence-electron chi connectivity index (χ0n) is 27.7. The molecule has 0 aliphatic carbocycles. The van der Waals surface area contributed by atoms with Crippen molar-refractivity contribution in [1.29, 1.82) is 0 Å². The van der Waals surface area contributed by atoms with Crippen molar-refractivity contribution >= 4 is 17.2 Å². The molecule has 234 valence electrons. The molecule has 2 aromatic carbocycles. The summed E-state index contributed by atoms with van der Waals surface area (Å²) in [6.07, 6.45) is 17.5. The summed E-state index contributed by atoms with van der Waals surface area (Å²) in [4.78, 5) is 10.0. The van der Waals surface area contributed by atoms with E-state index in [1.165, 1.54) is 31.3 Å². The SMILES string of the molecule is C=C\C=C/C(=C(\C)CCC(CC)CCCC)C(=C\C)/C1=NC(c2ccc(O)c(C)c2O)=NC(c2ccc(C)c(C)c2O)=CC1. The molecule has 0 fully saturated rings. The lowest BCUT2D eigenvalue weighted by Gasteiger charge is -2.18. The second-order valence-corrected chi connectivity index (χ2v) is 11.7. The molecule has 1 unspecified atom stereocenters. The molecule has 3 N–H and O–H groups in total. The molecule has 0 aromatic heterocycles. The number of nitrogens with zero attached hydrogens (tertiary/aromatic N) is 2. The first-order valence-corrected chi connectivity index (χ1v) is 15.9. The number of hydrogen-bond acceptors (Lipinski definition) is 5. The predicted octanol–water partition coefficient (Wildman–Crippen LogP) is 10.4. The van der Waals surface area contributed by atoms with E-state index < -0.39 is 0 Å². The number of allylic oxidation sites excluding steroid dienone is 8. The molecule has 1 aliphatic rings. The lowest BCUT2D eigenvalue weighted by molar-refractivity contribution is 0.421. The molecule has 1 atom stereocenters. The van der Waals surface area contributed by atoms with E-state index in [0.29, 0.717) is 40.6 Å². The van der Waals surface area contributed by atoms with Crippen LogP contribution in [-0.4, -0.2) is 26.9 Å². The summed E-state index contributed by atoms with van der Waals surface area (Å²) in [7, 11) is 0. The maximum Gasteiger partial charge on any atom is 0.163 e. The van der Waals surface area contributed by atoms with Gasteiger partial charge in [-0.2, -0.15) is 0 Å². The van der Waals surface area contributed by atoms with Crippen molar-refractivity contribution in [3.8, 4) is 17.2 Å². The van der Waals surface area contributed by atoms with Crippen molar-refractivity contribution < 1.29 is 15.3 Å². The van der Waals surface area contributed by atoms with Gasteiger partial charge in [-0.05, 0) is 93.9 Å². The summed E-state index contributed by atoms with van der Waals surface area (Å²) in [5.74, 6) is 1.13. The summed E-state index contributed by atoms with van der Waals surface area (Å²) in [6.45, 7) is 18.2. The number of rotatable bonds is 13. The van der Waals surface area contributed by atoms with Crippen molar-refractivity contribution in [3.63, 3.8) is 0 Å². The smallest absolute Gasteiger partial charge is 0.163 e. The number of amidine groups is 1. The number of aromatic hydroxyl groups is 3. The quantitative estimate of drug-likeness (QED) is 0.202. The first kappa shape index (κ1) is 34.4. The van der Waals surface area contributed by atoms with E-state index in [4.69, 9.17) is 9.98 Å². The Kier molecular flexibility index (Phi) is 12.6. The van der Waals surface area contributed by atoms with E-state index in [1.54, 1.807) is 25.1 Å². The fourth-order valence-electron chi connectivity index (χ4n) is 5.59. The predicted molar refractivity (Wildman–Crippen MR) is 187 cm³/mol. The largest absolute Gasteiger partial charge is 0.508 e. The Balaban J connectivity index is 2.19. The highest BCUT2D eigenvalue weighted by molar-refractivity contribution is 6.17. The molecule has 44 heavy (non-hydrogen) atoms. The molecule has 0 saturated heterocycles. The van der Waals surface area contributed by atoms with Gasteiger partial charge in [0.15, 0.2) is 5.84 Å². The van der Waals surface area contributed by atoms with E-state index in [1.807, 2.05) is 45.1 Å². The molecule has 1 heterocycles. The molecule has 0 radical (unpaired) electrons. The summed E-state index contributed by atoms with van der Waals surface area (Å²) in [6, 6.07) is 7.03. The first-order chi connectivity index (χ1) is 21.1. The minimum atomic E-state index is -0.0735. The third kappa shape index (κ3) is 8.07. The molecule has 1 aliphatic heterocycles. The van der Waals surface area contributed by atoms with Gasteiger partial charge in [-0.15, -0.1) is 0 Å². The van der Waals surface area contributed by atoms with Gasteiger partial charge in [0.25, 0.3) is 0 Å². The Bertz CT molecular complexity index is 1550. The lowest BCUT2D eigenvalue weighted by Crippen LogP contribution is -2.10. The number of aliphatic imine (C=N–C) groups is 2. The van der Waals surface area contributed by atoms with Crippen LogP contribution in [-0.2, 0) is 0 Å². The maximum atomic E-state index is 11.1. The lowest BCUT2D eigenvalue weighted by atomic mass is 9.88. The van der Waals surface area contributed by atoms with Crippen molar-refractivity contribution in [3.05, 3.63) is 106 Å². The standard InChI is InChI=1S/C39H50N2O3/c1-9-13-15-29(11-3)19-17-26(6)31(16-14-10-2)30(12-4)34-22-23-35(32-20-18-25(5)27(7)37(32)43)41-39(40-34)33-21-24-36(42)28(8)38(33)44/h10,12,14,16,18,20-21,23-24,29,42-44H,2,9,11,13,15,17,19,22H2,1,3-8H3/b16-14-,30-12+,31-26-. The van der Waals surface area contributed by atoms with Gasteiger partial charge in [0.05, 0.1) is 17.0 Å². The number of benzene rings is 2. The van der Waals surface area contributed by atoms with E-state index in [9.17, 15) is 15.3 Å². The van der Waals surface area contributed by atoms with Crippen LogP contribution < -0.4 is 0 Å². The highest BCUT2D eigenvalue weighted by Crippen LogP contribution is 2.36. The topological polar surface area (TPSA) is 85.4 Å². The van der Waals surface area contributed by atoms with Gasteiger partial charge >= 0.3 is 0 Å². The zero-order valence-corrected chi connectivity index (χ0v) is 27.7. The van der Waals surface area contributed by atoms with Crippen molar-refractivity contribution in [2.24, 2.45) is 15.9 Å². The van der Waals surface area contributed by atoms with Gasteiger partial charge in [-0.25, -0.2) is 9.98 Å². The van der Waals surface area contributed by atoms with Crippen LogP contribution in [0.25, 0.3) is 5.70 Å². The molecule has 0 amide bonds. The Morgan fingerprint density at radius 2 is 1.66 bits per heavy atom. The molecule has 0 saturated carbocycles. The average molecular weight is 595 g/mol. The van der Waals surface area contributed by atoms with Crippen LogP contribution in [0, 0.1) is 26.7 Å². The van der Waals surface area contributed by atoms with Crippen LogP contribution in [0.15, 0.2) is 87.9 Å². The minimum Gasteiger partial charge on any atom is -0.508 e. The van der Waals surface area contributed by atoms with Gasteiger partial charge in [-0.3, -0.25) is 0 Å². The highest BCUT2D eigenvalue weighted by Gasteiger charge is 2.22. The van der Waals surface area contributed by atoms with Gasteiger partial charge < -0.3 is 15.3 Å². The summed E-state index contributed by atoms with van der Waals surface area (Å²) in [5.41, 5.74) is 7.92. The van der Waals surface area contributed by atoms with Crippen LogP contribution in [0.2, 0.25) is 0 Å². The zero-order chi connectivity index (χ0) is 32.4. The number of aryl methyl sites for hydroxylation is 1. The Labute approximate surface area is 264 Å². The molecule has 0 bridgehead atoms. The summed E-state index contributed by atoms with van der Waals surface area (Å²) < 4.78 is 0. The first-order valence-electron chi connectivity index (χ1n) is 15.9. The average Bonchev–Trinajstić information content (AvgIpc) is 3.23. The monoisotopic (exact) mass is 594 g/mol. The third-order valence-corrected chi connectivity index (χ3v) is 8.80. The van der Waals surface area contributed by atoms with Crippen LogP contribution in [0.5, 0.6) is 17.2 Å². The number of phenols is 3. The van der Waals surface area contributed by atoms with Crippen molar-refractivity contribution in [1.82, 2.24) is 0 Å². The third-order valence-electron chi connectivity index (χ3n) is 8.80. The van der Waals surface area contributed by atoms with Crippen molar-refractivity contribution in [2.45, 2.75) is 93.4 Å². The molecule has 0 spiro atoms.